The van der Waals surface area contributed by atoms with Gasteiger partial charge in [0.15, 0.2) is 0 Å². The van der Waals surface area contributed by atoms with Gasteiger partial charge in [0.2, 0.25) is 5.91 Å². The Kier molecular flexibility index (Phi) is 4.74. The Labute approximate surface area is 130 Å². The number of likely N-dealkylation sites (N-methyl/N-ethyl adjacent to an activating group) is 1. The summed E-state index contributed by atoms with van der Waals surface area (Å²) in [6.45, 7) is 4.15. The van der Waals surface area contributed by atoms with Crippen LogP contribution in [-0.2, 0) is 4.79 Å². The second-order valence-electron chi connectivity index (χ2n) is 5.18. The van der Waals surface area contributed by atoms with Crippen LogP contribution in [0.1, 0.15) is 16.8 Å². The number of carbonyl (C=O) groups excluding carboxylic acids is 1. The average molecular weight is 294 g/mol. The third kappa shape index (κ3) is 3.61. The molecule has 0 aliphatic heterocycles. The summed E-state index contributed by atoms with van der Waals surface area (Å²) in [4.78, 5) is 18.0. The fraction of sp³-hybridized carbons (Fsp3) is 0.235. The molecule has 0 saturated heterocycles. The third-order valence-corrected chi connectivity index (χ3v) is 3.43. The number of anilines is 2. The zero-order chi connectivity index (χ0) is 16.1. The SMILES string of the molecule is Cc1cccc(C)c1NC(=O)CN(C)c1ccc(C#N)nc1. The molecule has 0 spiro atoms. The molecular formula is C17H18N4O. The Hall–Kier alpha value is -2.87. The second-order valence-corrected chi connectivity index (χ2v) is 5.18. The number of carbonyl (C=O) groups is 1. The summed E-state index contributed by atoms with van der Waals surface area (Å²) < 4.78 is 0. The van der Waals surface area contributed by atoms with Gasteiger partial charge in [-0.1, -0.05) is 18.2 Å². The molecule has 2 aromatic rings. The predicted octanol–water partition coefficient (Wildman–Crippen LogP) is 2.65. The molecule has 5 nitrogen and oxygen atoms in total. The van der Waals surface area contributed by atoms with Gasteiger partial charge in [-0.15, -0.1) is 0 Å². The molecule has 0 saturated carbocycles. The van der Waals surface area contributed by atoms with E-state index in [0.717, 1.165) is 22.5 Å². The number of nitrogens with one attached hydrogen (secondary N) is 1. The highest BCUT2D eigenvalue weighted by Crippen LogP contribution is 2.19. The molecule has 0 atom stereocenters. The molecule has 1 aromatic heterocycles. The normalized spacial score (nSPS) is 9.91. The van der Waals surface area contributed by atoms with Crippen molar-refractivity contribution in [3.63, 3.8) is 0 Å². The lowest BCUT2D eigenvalue weighted by Gasteiger charge is -2.19. The van der Waals surface area contributed by atoms with Crippen molar-refractivity contribution < 1.29 is 4.79 Å². The highest BCUT2D eigenvalue weighted by atomic mass is 16.2. The van der Waals surface area contributed by atoms with E-state index in [1.807, 2.05) is 45.2 Å². The first kappa shape index (κ1) is 15.5. The van der Waals surface area contributed by atoms with E-state index in [4.69, 9.17) is 5.26 Å². The van der Waals surface area contributed by atoms with Crippen LogP contribution in [0, 0.1) is 25.2 Å². The second kappa shape index (κ2) is 6.72. The summed E-state index contributed by atoms with van der Waals surface area (Å²) in [5.41, 5.74) is 4.08. The Bertz CT molecular complexity index is 696. The summed E-state index contributed by atoms with van der Waals surface area (Å²) in [6, 6.07) is 11.3. The van der Waals surface area contributed by atoms with Crippen LogP contribution in [0.2, 0.25) is 0 Å². The van der Waals surface area contributed by atoms with Gasteiger partial charge in [-0.2, -0.15) is 5.26 Å². The van der Waals surface area contributed by atoms with E-state index in [1.54, 1.807) is 23.2 Å². The summed E-state index contributed by atoms with van der Waals surface area (Å²) >= 11 is 0. The van der Waals surface area contributed by atoms with Gasteiger partial charge in [0.1, 0.15) is 11.8 Å². The lowest BCUT2D eigenvalue weighted by molar-refractivity contribution is -0.114. The van der Waals surface area contributed by atoms with Crippen LogP contribution in [-0.4, -0.2) is 24.5 Å². The van der Waals surface area contributed by atoms with Crippen LogP contribution in [0.5, 0.6) is 0 Å². The molecule has 0 aliphatic carbocycles. The molecule has 0 bridgehead atoms. The first-order valence-corrected chi connectivity index (χ1v) is 6.94. The fourth-order valence-electron chi connectivity index (χ4n) is 2.18. The van der Waals surface area contributed by atoms with Crippen molar-refractivity contribution in [3.05, 3.63) is 53.3 Å². The predicted molar refractivity (Wildman–Crippen MR) is 86.8 cm³/mol. The minimum atomic E-state index is -0.0933. The molecule has 112 valence electrons. The van der Waals surface area contributed by atoms with E-state index >= 15 is 0 Å². The summed E-state index contributed by atoms with van der Waals surface area (Å²) in [6.07, 6.45) is 1.59. The van der Waals surface area contributed by atoms with Crippen molar-refractivity contribution in [2.45, 2.75) is 13.8 Å². The number of pyridine rings is 1. The Morgan fingerprint density at radius 3 is 2.50 bits per heavy atom. The van der Waals surface area contributed by atoms with Gasteiger partial charge in [0, 0.05) is 12.7 Å². The molecule has 1 N–H and O–H groups in total. The van der Waals surface area contributed by atoms with Crippen molar-refractivity contribution in [3.8, 4) is 6.07 Å². The number of rotatable bonds is 4. The van der Waals surface area contributed by atoms with Crippen LogP contribution >= 0.6 is 0 Å². The number of nitrogens with zero attached hydrogens (tertiary/aromatic N) is 3. The largest absolute Gasteiger partial charge is 0.364 e. The van der Waals surface area contributed by atoms with Gasteiger partial charge >= 0.3 is 0 Å². The monoisotopic (exact) mass is 294 g/mol. The molecule has 0 aliphatic rings. The minimum absolute atomic E-state index is 0.0933. The Morgan fingerprint density at radius 1 is 1.27 bits per heavy atom. The van der Waals surface area contributed by atoms with E-state index < -0.39 is 0 Å². The number of hydrogen-bond acceptors (Lipinski definition) is 4. The molecule has 0 fully saturated rings. The molecule has 22 heavy (non-hydrogen) atoms. The lowest BCUT2D eigenvalue weighted by atomic mass is 10.1. The minimum Gasteiger partial charge on any atom is -0.364 e. The van der Waals surface area contributed by atoms with E-state index in [2.05, 4.69) is 10.3 Å². The molecule has 0 unspecified atom stereocenters. The van der Waals surface area contributed by atoms with Crippen molar-refractivity contribution >= 4 is 17.3 Å². The number of aromatic nitrogens is 1. The zero-order valence-electron chi connectivity index (χ0n) is 12.9. The Balaban J connectivity index is 2.03. The fourth-order valence-corrected chi connectivity index (χ4v) is 2.18. The lowest BCUT2D eigenvalue weighted by Crippen LogP contribution is -2.30. The molecule has 5 heteroatoms. The zero-order valence-corrected chi connectivity index (χ0v) is 12.9. The quantitative estimate of drug-likeness (QED) is 0.941. The summed E-state index contributed by atoms with van der Waals surface area (Å²) in [5.74, 6) is -0.0933. The highest BCUT2D eigenvalue weighted by molar-refractivity contribution is 5.95. The summed E-state index contributed by atoms with van der Waals surface area (Å²) in [7, 11) is 1.81. The first-order chi connectivity index (χ1) is 10.5. The molecule has 1 aromatic carbocycles. The van der Waals surface area contributed by atoms with Gasteiger partial charge in [0.25, 0.3) is 0 Å². The number of benzene rings is 1. The van der Waals surface area contributed by atoms with Gasteiger partial charge in [0.05, 0.1) is 18.4 Å². The van der Waals surface area contributed by atoms with Crippen molar-refractivity contribution in [1.82, 2.24) is 4.98 Å². The molecule has 1 heterocycles. The summed E-state index contributed by atoms with van der Waals surface area (Å²) in [5, 5.41) is 11.7. The van der Waals surface area contributed by atoms with Gasteiger partial charge in [-0.05, 0) is 37.1 Å². The number of aryl methyl sites for hydroxylation is 2. The topological polar surface area (TPSA) is 69.0 Å². The molecule has 2 rings (SSSR count). The van der Waals surface area contributed by atoms with Crippen LogP contribution < -0.4 is 10.2 Å². The van der Waals surface area contributed by atoms with Crippen molar-refractivity contribution in [2.75, 3.05) is 23.8 Å². The Morgan fingerprint density at radius 2 is 1.95 bits per heavy atom. The van der Waals surface area contributed by atoms with Crippen LogP contribution in [0.25, 0.3) is 0 Å². The molecule has 0 radical (unpaired) electrons. The van der Waals surface area contributed by atoms with E-state index in [-0.39, 0.29) is 12.5 Å². The van der Waals surface area contributed by atoms with E-state index in [1.165, 1.54) is 0 Å². The average Bonchev–Trinajstić information content (AvgIpc) is 2.51. The molecular weight excluding hydrogens is 276 g/mol. The van der Waals surface area contributed by atoms with Crippen LogP contribution in [0.15, 0.2) is 36.5 Å². The van der Waals surface area contributed by atoms with Gasteiger partial charge in [-0.25, -0.2) is 4.98 Å². The van der Waals surface area contributed by atoms with Crippen LogP contribution in [0.4, 0.5) is 11.4 Å². The highest BCUT2D eigenvalue weighted by Gasteiger charge is 2.10. The maximum atomic E-state index is 12.2. The third-order valence-electron chi connectivity index (χ3n) is 3.43. The van der Waals surface area contributed by atoms with Gasteiger partial charge < -0.3 is 10.2 Å². The maximum absolute atomic E-state index is 12.2. The van der Waals surface area contributed by atoms with E-state index in [9.17, 15) is 4.79 Å². The number of amides is 1. The maximum Gasteiger partial charge on any atom is 0.243 e. The van der Waals surface area contributed by atoms with Crippen molar-refractivity contribution in [2.24, 2.45) is 0 Å². The van der Waals surface area contributed by atoms with Crippen LogP contribution in [0.3, 0.4) is 0 Å². The molecule has 1 amide bonds. The first-order valence-electron chi connectivity index (χ1n) is 6.94. The number of para-hydroxylation sites is 1. The van der Waals surface area contributed by atoms with E-state index in [0.29, 0.717) is 5.69 Å². The van der Waals surface area contributed by atoms with Gasteiger partial charge in [-0.3, -0.25) is 4.79 Å². The number of nitriles is 1. The van der Waals surface area contributed by atoms with Crippen molar-refractivity contribution in [1.29, 1.82) is 5.26 Å². The number of hydrogen-bond donors (Lipinski definition) is 1. The smallest absolute Gasteiger partial charge is 0.243 e. The standard InChI is InChI=1S/C17H18N4O/c1-12-5-4-6-13(2)17(12)20-16(22)11-21(3)15-8-7-14(9-18)19-10-15/h4-8,10H,11H2,1-3H3,(H,20,22).